The molecular weight excluding hydrogens is 965 g/mol. The lowest BCUT2D eigenvalue weighted by molar-refractivity contribution is 0.542. The summed E-state index contributed by atoms with van der Waals surface area (Å²) in [5.41, 5.74) is 5.95. The van der Waals surface area contributed by atoms with Crippen LogP contribution in [-0.2, 0) is 21.8 Å². The number of hydrogen-bond donors (Lipinski definition) is 2. The molecule has 5 aromatic carbocycles. The lowest BCUT2D eigenvalue weighted by atomic mass is 10.2. The van der Waals surface area contributed by atoms with Gasteiger partial charge in [0.05, 0.1) is 0 Å². The van der Waals surface area contributed by atoms with E-state index in [1.165, 1.54) is 62.6 Å². The average molecular weight is 1030 g/mol. The van der Waals surface area contributed by atoms with Crippen LogP contribution < -0.4 is 4.72 Å². The van der Waals surface area contributed by atoms with Crippen LogP contribution in [0, 0.1) is 32.5 Å². The van der Waals surface area contributed by atoms with Gasteiger partial charge in [-0.05, 0) is 154 Å². The zero-order valence-corrected chi connectivity index (χ0v) is 47.1. The third-order valence-electron chi connectivity index (χ3n) is 8.09. The van der Waals surface area contributed by atoms with Crippen molar-refractivity contribution >= 4 is 135 Å². The molecule has 10 aromatic rings. The van der Waals surface area contributed by atoms with E-state index in [1.807, 2.05) is 92.8 Å². The van der Waals surface area contributed by atoms with Gasteiger partial charge >= 0.3 is 10.5 Å². The van der Waals surface area contributed by atoms with Gasteiger partial charge in [0.15, 0.2) is 0 Å². The average Bonchev–Trinajstić information content (AvgIpc) is 4.21. The van der Waals surface area contributed by atoms with Crippen LogP contribution in [-0.4, -0.2) is 17.2 Å². The van der Waals surface area contributed by atoms with Gasteiger partial charge in [0.25, 0.3) is 0 Å². The van der Waals surface area contributed by atoms with Gasteiger partial charge in [-0.25, -0.2) is 0 Å². The lowest BCUT2D eigenvalue weighted by Crippen LogP contribution is -2.01. The number of thiophene rings is 5. The van der Waals surface area contributed by atoms with E-state index < -0.39 is 21.8 Å². The van der Waals surface area contributed by atoms with Crippen molar-refractivity contribution in [3.05, 3.63) is 170 Å². The fourth-order valence-corrected chi connectivity index (χ4v) is 9.64. The number of aryl methyl sites for hydroxylation is 4. The largest absolute Gasteiger partial charge is 0.755 e. The Morgan fingerprint density at radius 3 is 0.806 bits per heavy atom. The number of rotatable bonds is 2. The lowest BCUT2D eigenvalue weighted by Gasteiger charge is -2.07. The van der Waals surface area contributed by atoms with Crippen molar-refractivity contribution in [2.45, 2.75) is 96.9 Å². The molecule has 0 radical (unpaired) electrons. The molecule has 1 unspecified atom stereocenters. The van der Waals surface area contributed by atoms with Gasteiger partial charge < -0.3 is 9.27 Å². The molecule has 1 atom stereocenters. The van der Waals surface area contributed by atoms with Crippen LogP contribution >= 0.6 is 56.7 Å². The van der Waals surface area contributed by atoms with E-state index in [0.717, 1.165) is 10.1 Å². The second-order valence-electron chi connectivity index (χ2n) is 12.6. The number of anilines is 1. The van der Waals surface area contributed by atoms with Crippen LogP contribution in [0.2, 0.25) is 0 Å². The van der Waals surface area contributed by atoms with Crippen LogP contribution in [0.4, 0.5) is 5.69 Å². The van der Waals surface area contributed by atoms with E-state index in [4.69, 9.17) is 13.2 Å². The Morgan fingerprint density at radius 1 is 0.373 bits per heavy atom. The van der Waals surface area contributed by atoms with Crippen LogP contribution in [0.3, 0.4) is 0 Å². The fraction of sp³-hybridized carbons (Fsp3) is 0.259. The van der Waals surface area contributed by atoms with Gasteiger partial charge in [0, 0.05) is 40.5 Å². The number of benzene rings is 5. The number of fused-ring (bicyclic) bond motifs is 5. The Kier molecular flexibility index (Phi) is 34.9. The molecule has 0 aliphatic rings. The van der Waals surface area contributed by atoms with Crippen molar-refractivity contribution in [1.82, 2.24) is 0 Å². The van der Waals surface area contributed by atoms with Crippen LogP contribution in [0.15, 0.2) is 148 Å². The highest BCUT2D eigenvalue weighted by atomic mass is 32.2. The van der Waals surface area contributed by atoms with Crippen LogP contribution in [0.1, 0.15) is 91.5 Å². The number of nitrogens with one attached hydrogen (secondary N) is 2. The summed E-state index contributed by atoms with van der Waals surface area (Å²) in [7, 11) is -2.61. The highest BCUT2D eigenvalue weighted by molar-refractivity contribution is 7.80. The first-order valence-electron chi connectivity index (χ1n) is 22.3. The van der Waals surface area contributed by atoms with Crippen molar-refractivity contribution in [3.8, 4) is 0 Å². The van der Waals surface area contributed by atoms with Gasteiger partial charge in [-0.1, -0.05) is 140 Å². The Bertz CT molecular complexity index is 2670. The van der Waals surface area contributed by atoms with E-state index in [-0.39, 0.29) is 0 Å². The van der Waals surface area contributed by atoms with Crippen molar-refractivity contribution < 1.29 is 17.2 Å². The first-order chi connectivity index (χ1) is 32.4. The monoisotopic (exact) mass is 1030 g/mol. The summed E-state index contributed by atoms with van der Waals surface area (Å²) >= 11 is 6.57. The predicted molar refractivity (Wildman–Crippen MR) is 309 cm³/mol. The molecule has 5 heterocycles. The van der Waals surface area contributed by atoms with Gasteiger partial charge in [-0.2, -0.15) is 13.2 Å². The summed E-state index contributed by atoms with van der Waals surface area (Å²) in [4.78, 5) is 0. The molecule has 0 aliphatic heterocycles. The maximum atomic E-state index is 10.3. The molecule has 10 rings (SSSR count). The SMILES string of the molecule is CC.CC.CC.CC.CC.Cc1ccc2sccc2c1.Cc1ccc2sccc2c1.Cc1ccc2sccc2c1.Cc1ccc2sccc2c1.N=S(=O)=O.O=S([O-])Nc1ccc2sccc2c1. The maximum Gasteiger partial charge on any atom is 0.308 e. The van der Waals surface area contributed by atoms with Crippen molar-refractivity contribution in [3.63, 3.8) is 0 Å². The molecule has 0 aliphatic carbocycles. The van der Waals surface area contributed by atoms with E-state index in [1.54, 1.807) is 62.8 Å². The van der Waals surface area contributed by atoms with Crippen molar-refractivity contribution in [2.24, 2.45) is 0 Å². The summed E-state index contributed by atoms with van der Waals surface area (Å²) in [6.07, 6.45) is 0. The van der Waals surface area contributed by atoms with Gasteiger partial charge in [-0.3, -0.25) is 4.21 Å². The second-order valence-corrected chi connectivity index (χ2v) is 18.5. The molecular formula is C54H69N2O4S7-. The molecule has 0 amide bonds. The molecule has 5 aromatic heterocycles. The maximum absolute atomic E-state index is 10.3. The molecule has 362 valence electrons. The molecule has 0 bridgehead atoms. The fourth-order valence-electron chi connectivity index (χ4n) is 5.47. The van der Waals surface area contributed by atoms with E-state index in [9.17, 15) is 8.76 Å². The van der Waals surface area contributed by atoms with E-state index >= 15 is 0 Å². The van der Waals surface area contributed by atoms with Gasteiger partial charge in [0.2, 0.25) is 0 Å². The smallest absolute Gasteiger partial charge is 0.308 e. The quantitative estimate of drug-likeness (QED) is 0.168. The van der Waals surface area contributed by atoms with E-state index in [0.29, 0.717) is 5.69 Å². The Hall–Kier alpha value is -4.57. The predicted octanol–water partition coefficient (Wildman–Crippen LogP) is 19.7. The number of hydrogen-bond acceptors (Lipinski definition) is 10. The molecule has 67 heavy (non-hydrogen) atoms. The minimum atomic E-state index is -2.61. The first kappa shape index (κ1) is 62.4. The third-order valence-corrected chi connectivity index (χ3v) is 13.0. The van der Waals surface area contributed by atoms with E-state index in [2.05, 4.69) is 151 Å². The summed E-state index contributed by atoms with van der Waals surface area (Å²) in [5, 5.41) is 17.0. The molecule has 6 nitrogen and oxygen atoms in total. The van der Waals surface area contributed by atoms with Crippen LogP contribution in [0.5, 0.6) is 0 Å². The Balaban J connectivity index is 0.000000763. The zero-order valence-electron chi connectivity index (χ0n) is 41.4. The molecule has 0 spiro atoms. The zero-order chi connectivity index (χ0) is 50.7. The standard InChI is InChI=1S/4C9H8S.C8H7NO2S2.5C2H6.HNO2S/c4*1-7-2-3-9-8(6-7)4-5-10-9;10-13(11)9-7-1-2-8-6(5-7)3-4-12-8;5*1-2;1-4(2)3/h4*2-6H,1H3;1-5,9H,(H,10,11);5*1-2H3;1H/p-1. The highest BCUT2D eigenvalue weighted by Gasteiger charge is 1.97. The Morgan fingerprint density at radius 2 is 0.582 bits per heavy atom. The Labute approximate surface area is 425 Å². The van der Waals surface area contributed by atoms with Gasteiger partial charge in [-0.15, -0.1) is 56.7 Å². The summed E-state index contributed by atoms with van der Waals surface area (Å²) in [6, 6.07) is 42.2. The topological polar surface area (TPSA) is 110 Å². The summed E-state index contributed by atoms with van der Waals surface area (Å²) < 4.78 is 52.5. The minimum Gasteiger partial charge on any atom is -0.755 e. The molecule has 0 fully saturated rings. The molecule has 13 heteroatoms. The highest BCUT2D eigenvalue weighted by Crippen LogP contribution is 2.25. The third kappa shape index (κ3) is 24.3. The van der Waals surface area contributed by atoms with Crippen molar-refractivity contribution in [2.75, 3.05) is 4.72 Å². The molecule has 0 saturated carbocycles. The van der Waals surface area contributed by atoms with Gasteiger partial charge in [0.1, 0.15) is 0 Å². The first-order valence-corrected chi connectivity index (χ1v) is 28.9. The van der Waals surface area contributed by atoms with Crippen molar-refractivity contribution in [1.29, 1.82) is 4.78 Å². The normalized spacial score (nSPS) is 9.60. The summed E-state index contributed by atoms with van der Waals surface area (Å²) in [5.74, 6) is 0. The summed E-state index contributed by atoms with van der Waals surface area (Å²) in [6.45, 7) is 28.5. The van der Waals surface area contributed by atoms with Crippen LogP contribution in [0.25, 0.3) is 50.4 Å². The molecule has 0 saturated heterocycles. The molecule has 2 N–H and O–H groups in total. The minimum absolute atomic E-state index is 0.597. The second kappa shape index (κ2) is 37.4.